The van der Waals surface area contributed by atoms with Gasteiger partial charge in [0.25, 0.3) is 11.8 Å². The summed E-state index contributed by atoms with van der Waals surface area (Å²) in [5.41, 5.74) is -1.28. The molecule has 2 N–H and O–H groups in total. The third kappa shape index (κ3) is 3.74. The van der Waals surface area contributed by atoms with Crippen LogP contribution < -0.4 is 10.2 Å². The largest absolute Gasteiger partial charge is 0.372 e. The summed E-state index contributed by atoms with van der Waals surface area (Å²) in [5, 5.41) is 22.1. The van der Waals surface area contributed by atoms with Crippen molar-refractivity contribution in [1.82, 2.24) is 10.3 Å². The topological polar surface area (TPSA) is 106 Å². The van der Waals surface area contributed by atoms with E-state index in [1.807, 2.05) is 6.07 Å². The van der Waals surface area contributed by atoms with E-state index in [1.54, 1.807) is 0 Å². The number of carbonyl (C=O) groups is 2. The third-order valence-corrected chi connectivity index (χ3v) is 4.43. The van der Waals surface area contributed by atoms with Gasteiger partial charge in [0.05, 0.1) is 17.4 Å². The molecule has 7 nitrogen and oxygen atoms in total. The van der Waals surface area contributed by atoms with Crippen LogP contribution in [0.15, 0.2) is 36.7 Å². The molecule has 2 heterocycles. The Morgan fingerprint density at radius 3 is 2.89 bits per heavy atom. The van der Waals surface area contributed by atoms with E-state index in [2.05, 4.69) is 10.3 Å². The molecular formula is C18H14ClFN4O3. The first kappa shape index (κ1) is 18.8. The van der Waals surface area contributed by atoms with Crippen LogP contribution in [0.25, 0.3) is 0 Å². The van der Waals surface area contributed by atoms with E-state index in [-0.39, 0.29) is 30.1 Å². The van der Waals surface area contributed by atoms with Gasteiger partial charge in [0, 0.05) is 30.7 Å². The molecule has 0 bridgehead atoms. The monoisotopic (exact) mass is 388 g/mol. The summed E-state index contributed by atoms with van der Waals surface area (Å²) in [4.78, 5) is 30.1. The Labute approximate surface area is 159 Å². The van der Waals surface area contributed by atoms with Crippen LogP contribution in [0.5, 0.6) is 0 Å². The van der Waals surface area contributed by atoms with Crippen molar-refractivity contribution < 1.29 is 19.1 Å². The van der Waals surface area contributed by atoms with Crippen LogP contribution in [0.2, 0.25) is 5.02 Å². The number of pyridine rings is 1. The van der Waals surface area contributed by atoms with Gasteiger partial charge in [0.15, 0.2) is 0 Å². The van der Waals surface area contributed by atoms with Crippen molar-refractivity contribution in [1.29, 1.82) is 5.26 Å². The minimum absolute atomic E-state index is 0.0884. The second-order valence-corrected chi connectivity index (χ2v) is 6.51. The first-order valence-electron chi connectivity index (χ1n) is 7.96. The zero-order valence-corrected chi connectivity index (χ0v) is 14.7. The summed E-state index contributed by atoms with van der Waals surface area (Å²) in [5.74, 6) is -2.26. The lowest BCUT2D eigenvalue weighted by molar-refractivity contribution is -0.149. The normalized spacial score (nSPS) is 19.0. The van der Waals surface area contributed by atoms with Gasteiger partial charge in [0.1, 0.15) is 11.9 Å². The number of amides is 2. The van der Waals surface area contributed by atoms with E-state index in [9.17, 15) is 19.1 Å². The molecule has 1 fully saturated rings. The number of hydrogen-bond acceptors (Lipinski definition) is 5. The number of benzene rings is 1. The average molecular weight is 389 g/mol. The second kappa shape index (κ2) is 7.31. The van der Waals surface area contributed by atoms with Crippen molar-refractivity contribution in [3.8, 4) is 6.07 Å². The van der Waals surface area contributed by atoms with Crippen LogP contribution in [0.3, 0.4) is 0 Å². The molecule has 2 amide bonds. The summed E-state index contributed by atoms with van der Waals surface area (Å²) in [7, 11) is 0. The van der Waals surface area contributed by atoms with Gasteiger partial charge in [0.2, 0.25) is 5.60 Å². The number of halogens is 2. The van der Waals surface area contributed by atoms with Crippen LogP contribution >= 0.6 is 11.6 Å². The second-order valence-electron chi connectivity index (χ2n) is 6.07. The fraction of sp³-hybridized carbons (Fsp3) is 0.222. The van der Waals surface area contributed by atoms with Gasteiger partial charge in [-0.1, -0.05) is 11.6 Å². The van der Waals surface area contributed by atoms with Crippen LogP contribution in [-0.2, 0) is 16.1 Å². The SMILES string of the molecule is N#Cc1cncc(N2CC[C@@](O)(C(=O)NCc3cc(F)cc(Cl)c3)C2=O)c1. The lowest BCUT2D eigenvalue weighted by atomic mass is 10.0. The average Bonchev–Trinajstić information content (AvgIpc) is 2.95. The highest BCUT2D eigenvalue weighted by atomic mass is 35.5. The third-order valence-electron chi connectivity index (χ3n) is 4.21. The standard InChI is InChI=1S/C18H14ClFN4O3/c19-13-3-11(4-14(20)6-13)9-23-16(25)18(27)1-2-24(17(18)26)15-5-12(7-21)8-22-10-15/h3-6,8,10,27H,1-2,9H2,(H,23,25)/t18-/m1/s1. The first-order chi connectivity index (χ1) is 12.8. The van der Waals surface area contributed by atoms with Crippen molar-refractivity contribution in [2.45, 2.75) is 18.6 Å². The molecule has 0 unspecified atom stereocenters. The Bertz CT molecular complexity index is 942. The molecule has 0 saturated carbocycles. The van der Waals surface area contributed by atoms with Crippen molar-refractivity contribution in [3.05, 3.63) is 58.6 Å². The minimum atomic E-state index is -2.25. The Kier molecular flexibility index (Phi) is 5.08. The maximum absolute atomic E-state index is 13.4. The van der Waals surface area contributed by atoms with Gasteiger partial charge < -0.3 is 15.3 Å². The molecule has 2 aromatic rings. The molecule has 27 heavy (non-hydrogen) atoms. The molecule has 3 rings (SSSR count). The highest BCUT2D eigenvalue weighted by molar-refractivity contribution is 6.30. The summed E-state index contributed by atoms with van der Waals surface area (Å²) in [6.45, 7) is -0.0114. The quantitative estimate of drug-likeness (QED) is 0.772. The summed E-state index contributed by atoms with van der Waals surface area (Å²) in [6.07, 6.45) is 2.59. The molecule has 0 aliphatic carbocycles. The molecule has 138 valence electrons. The number of nitrogens with zero attached hydrogens (tertiary/aromatic N) is 3. The molecule has 1 aromatic carbocycles. The number of carbonyl (C=O) groups excluding carboxylic acids is 2. The Morgan fingerprint density at radius 1 is 1.41 bits per heavy atom. The molecule has 1 aliphatic rings. The number of anilines is 1. The summed E-state index contributed by atoms with van der Waals surface area (Å²) in [6, 6.07) is 7.15. The van der Waals surface area contributed by atoms with E-state index in [0.29, 0.717) is 11.3 Å². The molecule has 1 aliphatic heterocycles. The number of nitriles is 1. The van der Waals surface area contributed by atoms with Crippen LogP contribution in [0.1, 0.15) is 17.5 Å². The number of aliphatic hydroxyl groups is 1. The Morgan fingerprint density at radius 2 is 2.19 bits per heavy atom. The van der Waals surface area contributed by atoms with Crippen molar-refractivity contribution in [2.75, 3.05) is 11.4 Å². The first-order valence-corrected chi connectivity index (χ1v) is 8.34. The Balaban J connectivity index is 1.73. The molecule has 1 saturated heterocycles. The van der Waals surface area contributed by atoms with E-state index < -0.39 is 23.2 Å². The van der Waals surface area contributed by atoms with E-state index in [4.69, 9.17) is 16.9 Å². The van der Waals surface area contributed by atoms with Gasteiger partial charge in [-0.3, -0.25) is 14.6 Å². The van der Waals surface area contributed by atoms with Gasteiger partial charge in [-0.05, 0) is 29.8 Å². The van der Waals surface area contributed by atoms with Crippen molar-refractivity contribution in [2.24, 2.45) is 0 Å². The number of hydrogen-bond donors (Lipinski definition) is 2. The number of nitrogens with one attached hydrogen (secondary N) is 1. The molecule has 1 aromatic heterocycles. The highest BCUT2D eigenvalue weighted by Gasteiger charge is 2.51. The lowest BCUT2D eigenvalue weighted by Crippen LogP contribution is -2.52. The fourth-order valence-electron chi connectivity index (χ4n) is 2.84. The van der Waals surface area contributed by atoms with E-state index in [0.717, 1.165) is 6.07 Å². The summed E-state index contributed by atoms with van der Waals surface area (Å²) < 4.78 is 13.4. The van der Waals surface area contributed by atoms with Gasteiger partial charge in [-0.25, -0.2) is 4.39 Å². The van der Waals surface area contributed by atoms with Crippen molar-refractivity contribution in [3.63, 3.8) is 0 Å². The maximum atomic E-state index is 13.4. The lowest BCUT2D eigenvalue weighted by Gasteiger charge is -2.21. The number of rotatable bonds is 4. The Hall–Kier alpha value is -3.02. The predicted molar refractivity (Wildman–Crippen MR) is 94.1 cm³/mol. The van der Waals surface area contributed by atoms with Crippen LogP contribution in [0.4, 0.5) is 10.1 Å². The molecule has 0 spiro atoms. The predicted octanol–water partition coefficient (Wildman–Crippen LogP) is 1.53. The van der Waals surface area contributed by atoms with E-state index >= 15 is 0 Å². The molecule has 1 atom stereocenters. The smallest absolute Gasteiger partial charge is 0.268 e. The number of aromatic nitrogens is 1. The van der Waals surface area contributed by atoms with E-state index in [1.165, 1.54) is 35.5 Å². The summed E-state index contributed by atoms with van der Waals surface area (Å²) >= 11 is 5.76. The van der Waals surface area contributed by atoms with Crippen LogP contribution in [0, 0.1) is 17.1 Å². The molecule has 0 radical (unpaired) electrons. The van der Waals surface area contributed by atoms with Gasteiger partial charge in [-0.15, -0.1) is 0 Å². The molecule has 9 heteroatoms. The van der Waals surface area contributed by atoms with Gasteiger partial charge in [-0.2, -0.15) is 5.26 Å². The van der Waals surface area contributed by atoms with Crippen molar-refractivity contribution >= 4 is 29.1 Å². The minimum Gasteiger partial charge on any atom is -0.372 e. The highest BCUT2D eigenvalue weighted by Crippen LogP contribution is 2.28. The zero-order valence-electron chi connectivity index (χ0n) is 13.9. The molecular weight excluding hydrogens is 375 g/mol. The maximum Gasteiger partial charge on any atom is 0.268 e. The van der Waals surface area contributed by atoms with Crippen LogP contribution in [-0.4, -0.2) is 34.1 Å². The fourth-order valence-corrected chi connectivity index (χ4v) is 3.08. The van der Waals surface area contributed by atoms with Gasteiger partial charge >= 0.3 is 0 Å². The zero-order chi connectivity index (χ0) is 19.6.